The zero-order valence-electron chi connectivity index (χ0n) is 7.13. The standard InChI is InChI=1S/C7H15NO2S/c1-8-5-3-4-7(6-8)11(2,9)10/h7H,3-6H2,1-2H3/p+1/t7-/m1/s1. The molecule has 1 N–H and O–H groups in total. The van der Waals surface area contributed by atoms with Crippen LogP contribution in [0.1, 0.15) is 12.8 Å². The van der Waals surface area contributed by atoms with Crippen molar-refractivity contribution >= 4 is 9.84 Å². The summed E-state index contributed by atoms with van der Waals surface area (Å²) in [4.78, 5) is 1.34. The lowest BCUT2D eigenvalue weighted by molar-refractivity contribution is -0.883. The third-order valence-corrected chi connectivity index (χ3v) is 3.92. The lowest BCUT2D eigenvalue weighted by atomic mass is 10.1. The van der Waals surface area contributed by atoms with Crippen molar-refractivity contribution in [2.24, 2.45) is 0 Å². The van der Waals surface area contributed by atoms with Gasteiger partial charge in [-0.3, -0.25) is 0 Å². The maximum Gasteiger partial charge on any atom is 0.155 e. The molecule has 1 fully saturated rings. The van der Waals surface area contributed by atoms with Crippen molar-refractivity contribution < 1.29 is 13.3 Å². The normalized spacial score (nSPS) is 33.6. The van der Waals surface area contributed by atoms with Gasteiger partial charge in [0, 0.05) is 6.26 Å². The Bertz CT molecular complexity index is 223. The first kappa shape index (κ1) is 9.00. The smallest absolute Gasteiger partial charge is 0.155 e. The molecule has 0 aromatic rings. The maximum atomic E-state index is 11.1. The molecule has 0 aromatic heterocycles. The van der Waals surface area contributed by atoms with Crippen molar-refractivity contribution in [1.82, 2.24) is 0 Å². The average molecular weight is 178 g/mol. The first-order valence-electron chi connectivity index (χ1n) is 4.00. The molecule has 1 saturated heterocycles. The van der Waals surface area contributed by atoms with Crippen molar-refractivity contribution in [2.75, 3.05) is 26.4 Å². The van der Waals surface area contributed by atoms with E-state index in [9.17, 15) is 8.42 Å². The number of hydrogen-bond acceptors (Lipinski definition) is 2. The molecule has 4 heteroatoms. The Morgan fingerprint density at radius 1 is 1.45 bits per heavy atom. The van der Waals surface area contributed by atoms with E-state index in [0.29, 0.717) is 0 Å². The molecule has 3 nitrogen and oxygen atoms in total. The van der Waals surface area contributed by atoms with Crippen LogP contribution in [0.5, 0.6) is 0 Å². The third-order valence-electron chi connectivity index (χ3n) is 2.31. The molecule has 0 aliphatic carbocycles. The van der Waals surface area contributed by atoms with Crippen molar-refractivity contribution in [3.05, 3.63) is 0 Å². The number of sulfone groups is 1. The van der Waals surface area contributed by atoms with Crippen LogP contribution < -0.4 is 4.90 Å². The molecule has 0 spiro atoms. The molecular weight excluding hydrogens is 162 g/mol. The second-order valence-electron chi connectivity index (χ2n) is 3.50. The summed E-state index contributed by atoms with van der Waals surface area (Å²) in [6.07, 6.45) is 3.25. The maximum absolute atomic E-state index is 11.1. The van der Waals surface area contributed by atoms with E-state index in [2.05, 4.69) is 7.05 Å². The molecule has 0 bridgehead atoms. The van der Waals surface area contributed by atoms with Crippen LogP contribution in [0.2, 0.25) is 0 Å². The molecule has 2 atom stereocenters. The van der Waals surface area contributed by atoms with E-state index in [4.69, 9.17) is 0 Å². The van der Waals surface area contributed by atoms with E-state index in [1.54, 1.807) is 0 Å². The highest BCUT2D eigenvalue weighted by Gasteiger charge is 2.28. The minimum atomic E-state index is -2.78. The van der Waals surface area contributed by atoms with Crippen LogP contribution in [0.15, 0.2) is 0 Å². The molecular formula is C7H16NO2S+. The number of nitrogens with one attached hydrogen (secondary N) is 1. The molecule has 1 unspecified atom stereocenters. The number of hydrogen-bond donors (Lipinski definition) is 1. The van der Waals surface area contributed by atoms with Gasteiger partial charge in [-0.1, -0.05) is 0 Å². The Hall–Kier alpha value is -0.0900. The Morgan fingerprint density at radius 3 is 2.45 bits per heavy atom. The van der Waals surface area contributed by atoms with E-state index < -0.39 is 9.84 Å². The largest absolute Gasteiger partial charge is 0.336 e. The monoisotopic (exact) mass is 178 g/mol. The SMILES string of the molecule is C[NH+]1CCC[C@@H](S(C)(=O)=O)C1. The van der Waals surface area contributed by atoms with Crippen LogP contribution in [0, 0.1) is 0 Å². The molecule has 1 heterocycles. The fourth-order valence-electron chi connectivity index (χ4n) is 1.59. The molecule has 0 radical (unpaired) electrons. The zero-order chi connectivity index (χ0) is 8.48. The van der Waals surface area contributed by atoms with E-state index in [0.717, 1.165) is 25.9 Å². The lowest BCUT2D eigenvalue weighted by Crippen LogP contribution is -3.11. The van der Waals surface area contributed by atoms with Crippen LogP contribution in [-0.4, -0.2) is 40.1 Å². The van der Waals surface area contributed by atoms with Crippen LogP contribution in [0.25, 0.3) is 0 Å². The number of likely N-dealkylation sites (tertiary alicyclic amines) is 1. The summed E-state index contributed by atoms with van der Waals surface area (Å²) in [6, 6.07) is 0. The summed E-state index contributed by atoms with van der Waals surface area (Å²) in [5.74, 6) is 0. The van der Waals surface area contributed by atoms with Crippen LogP contribution in [0.4, 0.5) is 0 Å². The Morgan fingerprint density at radius 2 is 2.09 bits per heavy atom. The van der Waals surface area contributed by atoms with Gasteiger partial charge in [0.25, 0.3) is 0 Å². The Balaban J connectivity index is 2.60. The first-order chi connectivity index (χ1) is 5.00. The van der Waals surface area contributed by atoms with E-state index in [-0.39, 0.29) is 5.25 Å². The van der Waals surface area contributed by atoms with Crippen LogP contribution in [0.3, 0.4) is 0 Å². The molecule has 1 aliphatic heterocycles. The summed E-state index contributed by atoms with van der Waals surface area (Å²) >= 11 is 0. The summed E-state index contributed by atoms with van der Waals surface area (Å²) in [7, 11) is -0.727. The Kier molecular flexibility index (Phi) is 2.54. The van der Waals surface area contributed by atoms with E-state index in [1.807, 2.05) is 0 Å². The Labute approximate surface area is 68.3 Å². The van der Waals surface area contributed by atoms with Gasteiger partial charge in [-0.2, -0.15) is 0 Å². The second-order valence-corrected chi connectivity index (χ2v) is 5.83. The van der Waals surface area contributed by atoms with E-state index >= 15 is 0 Å². The highest BCUT2D eigenvalue weighted by Crippen LogP contribution is 2.07. The summed E-state index contributed by atoms with van der Waals surface area (Å²) in [5, 5.41) is -0.0868. The van der Waals surface area contributed by atoms with Gasteiger partial charge in [0.15, 0.2) is 9.84 Å². The summed E-state index contributed by atoms with van der Waals surface area (Å²) in [6.45, 7) is 1.91. The highest BCUT2D eigenvalue weighted by molar-refractivity contribution is 7.91. The predicted molar refractivity (Wildman–Crippen MR) is 44.5 cm³/mol. The summed E-state index contributed by atoms with van der Waals surface area (Å²) in [5.41, 5.74) is 0. The van der Waals surface area contributed by atoms with Gasteiger partial charge >= 0.3 is 0 Å². The van der Waals surface area contributed by atoms with Gasteiger partial charge in [0.1, 0.15) is 5.25 Å². The van der Waals surface area contributed by atoms with Crippen LogP contribution >= 0.6 is 0 Å². The predicted octanol–water partition coefficient (Wildman–Crippen LogP) is -1.29. The van der Waals surface area contributed by atoms with Crippen molar-refractivity contribution in [1.29, 1.82) is 0 Å². The van der Waals surface area contributed by atoms with E-state index in [1.165, 1.54) is 11.2 Å². The number of quaternary nitrogens is 1. The van der Waals surface area contributed by atoms with Gasteiger partial charge in [0.05, 0.1) is 20.1 Å². The minimum absolute atomic E-state index is 0.0868. The molecule has 11 heavy (non-hydrogen) atoms. The van der Waals surface area contributed by atoms with Crippen molar-refractivity contribution in [3.8, 4) is 0 Å². The minimum Gasteiger partial charge on any atom is -0.336 e. The fraction of sp³-hybridized carbons (Fsp3) is 1.00. The van der Waals surface area contributed by atoms with Gasteiger partial charge in [-0.05, 0) is 12.8 Å². The number of rotatable bonds is 1. The first-order valence-corrected chi connectivity index (χ1v) is 5.96. The third kappa shape index (κ3) is 2.45. The van der Waals surface area contributed by atoms with Crippen molar-refractivity contribution in [3.63, 3.8) is 0 Å². The van der Waals surface area contributed by atoms with Gasteiger partial charge in [-0.25, -0.2) is 8.42 Å². The molecule has 0 saturated carbocycles. The number of piperidine rings is 1. The molecule has 0 amide bonds. The second kappa shape index (κ2) is 3.11. The average Bonchev–Trinajstić information content (AvgIpc) is 1.86. The van der Waals surface area contributed by atoms with Gasteiger partial charge in [0.2, 0.25) is 0 Å². The summed E-state index contributed by atoms with van der Waals surface area (Å²) < 4.78 is 22.2. The van der Waals surface area contributed by atoms with Crippen LogP contribution in [-0.2, 0) is 9.84 Å². The lowest BCUT2D eigenvalue weighted by Gasteiger charge is -2.25. The topological polar surface area (TPSA) is 38.6 Å². The fourth-order valence-corrected chi connectivity index (χ4v) is 2.77. The quantitative estimate of drug-likeness (QED) is 0.542. The molecule has 1 aliphatic rings. The van der Waals surface area contributed by atoms with Crippen molar-refractivity contribution in [2.45, 2.75) is 18.1 Å². The van der Waals surface area contributed by atoms with Gasteiger partial charge < -0.3 is 4.90 Å². The molecule has 66 valence electrons. The van der Waals surface area contributed by atoms with Gasteiger partial charge in [-0.15, -0.1) is 0 Å². The molecule has 0 aromatic carbocycles. The zero-order valence-corrected chi connectivity index (χ0v) is 7.95. The highest BCUT2D eigenvalue weighted by atomic mass is 32.2. The molecule has 1 rings (SSSR count).